The lowest BCUT2D eigenvalue weighted by atomic mass is 9.98. The highest BCUT2D eigenvalue weighted by Gasteiger charge is 2.19. The van der Waals surface area contributed by atoms with Gasteiger partial charge in [-0.2, -0.15) is 5.10 Å². The minimum Gasteiger partial charge on any atom is -0.496 e. The number of methoxy groups -OCH3 is 1. The summed E-state index contributed by atoms with van der Waals surface area (Å²) in [6, 6.07) is 16.2. The van der Waals surface area contributed by atoms with E-state index in [1.807, 2.05) is 18.2 Å². The molecule has 8 heteroatoms. The van der Waals surface area contributed by atoms with Gasteiger partial charge in [0.15, 0.2) is 0 Å². The number of nitrogens with zero attached hydrogens (tertiary/aromatic N) is 4. The molecule has 0 aliphatic carbocycles. The fourth-order valence-corrected chi connectivity index (χ4v) is 4.24. The minimum absolute atomic E-state index is 0.325. The predicted molar refractivity (Wildman–Crippen MR) is 128 cm³/mol. The van der Waals surface area contributed by atoms with Crippen LogP contribution < -0.4 is 20.7 Å². The van der Waals surface area contributed by atoms with E-state index in [9.17, 15) is 4.39 Å². The third kappa shape index (κ3) is 4.12. The fraction of sp³-hybridized carbons (Fsp3) is 0.200. The average Bonchev–Trinajstić information content (AvgIpc) is 3.34. The fourth-order valence-electron chi connectivity index (χ4n) is 4.24. The SMILES string of the molecule is COc1cc(N2CCNCC2)ccc1-c1cnc(N)cc1-c1ccnn1-c1cccc(F)c1. The zero-order valence-corrected chi connectivity index (χ0v) is 18.3. The number of nitrogen functional groups attached to an aromatic ring is 1. The van der Waals surface area contributed by atoms with Crippen LogP contribution in [0.25, 0.3) is 28.1 Å². The molecule has 168 valence electrons. The van der Waals surface area contributed by atoms with E-state index >= 15 is 0 Å². The molecule has 1 aliphatic heterocycles. The van der Waals surface area contributed by atoms with E-state index in [1.165, 1.54) is 12.1 Å². The van der Waals surface area contributed by atoms with Gasteiger partial charge in [-0.05, 0) is 42.5 Å². The standard InChI is InChI=1S/C25H25FN6O/c1-33-24-14-18(31-11-9-28-10-12-31)5-6-20(24)22-16-29-25(27)15-21(22)23-7-8-30-32(23)19-4-2-3-17(26)13-19/h2-8,13-16,28H,9-12H2,1H3,(H2,27,29). The van der Waals surface area contributed by atoms with Gasteiger partial charge >= 0.3 is 0 Å². The number of ether oxygens (including phenoxy) is 1. The molecule has 2 aromatic carbocycles. The second-order valence-electron chi connectivity index (χ2n) is 7.88. The Bertz CT molecular complexity index is 1280. The van der Waals surface area contributed by atoms with Crippen LogP contribution in [-0.2, 0) is 0 Å². The molecule has 7 nitrogen and oxygen atoms in total. The molecule has 0 amide bonds. The van der Waals surface area contributed by atoms with Gasteiger partial charge in [0.05, 0.1) is 24.7 Å². The number of halogens is 1. The van der Waals surface area contributed by atoms with Crippen molar-refractivity contribution in [2.24, 2.45) is 0 Å². The smallest absolute Gasteiger partial charge is 0.128 e. The summed E-state index contributed by atoms with van der Waals surface area (Å²) < 4.78 is 21.4. The van der Waals surface area contributed by atoms with Crippen LogP contribution in [0.5, 0.6) is 5.75 Å². The number of pyridine rings is 1. The second kappa shape index (κ2) is 8.91. The summed E-state index contributed by atoms with van der Waals surface area (Å²) in [7, 11) is 1.67. The first kappa shape index (κ1) is 21.0. The van der Waals surface area contributed by atoms with E-state index < -0.39 is 0 Å². The molecule has 0 spiro atoms. The highest BCUT2D eigenvalue weighted by atomic mass is 19.1. The molecule has 0 unspecified atom stereocenters. The molecule has 1 saturated heterocycles. The molecular weight excluding hydrogens is 419 g/mol. The van der Waals surface area contributed by atoms with Crippen molar-refractivity contribution < 1.29 is 9.13 Å². The van der Waals surface area contributed by atoms with Crippen molar-refractivity contribution in [1.29, 1.82) is 0 Å². The molecule has 0 saturated carbocycles. The summed E-state index contributed by atoms with van der Waals surface area (Å²) in [5.74, 6) is 0.807. The Morgan fingerprint density at radius 1 is 0.970 bits per heavy atom. The Labute approximate surface area is 191 Å². The van der Waals surface area contributed by atoms with E-state index in [2.05, 4.69) is 38.5 Å². The molecule has 4 aromatic rings. The van der Waals surface area contributed by atoms with E-state index in [-0.39, 0.29) is 5.82 Å². The number of aromatic nitrogens is 3. The lowest BCUT2D eigenvalue weighted by molar-refractivity contribution is 0.416. The minimum atomic E-state index is -0.325. The van der Waals surface area contributed by atoms with Gasteiger partial charge in [0.1, 0.15) is 17.4 Å². The Balaban J connectivity index is 1.62. The number of rotatable bonds is 5. The Morgan fingerprint density at radius 2 is 1.82 bits per heavy atom. The van der Waals surface area contributed by atoms with Crippen molar-refractivity contribution in [1.82, 2.24) is 20.1 Å². The van der Waals surface area contributed by atoms with Crippen molar-refractivity contribution in [2.75, 3.05) is 43.9 Å². The summed E-state index contributed by atoms with van der Waals surface area (Å²) in [6.45, 7) is 3.81. The first-order chi connectivity index (χ1) is 16.1. The van der Waals surface area contributed by atoms with E-state index in [4.69, 9.17) is 10.5 Å². The summed E-state index contributed by atoms with van der Waals surface area (Å²) in [4.78, 5) is 6.68. The van der Waals surface area contributed by atoms with Gasteiger partial charge in [0.25, 0.3) is 0 Å². The maximum Gasteiger partial charge on any atom is 0.128 e. The first-order valence-corrected chi connectivity index (χ1v) is 10.8. The number of hydrogen-bond acceptors (Lipinski definition) is 6. The molecule has 33 heavy (non-hydrogen) atoms. The van der Waals surface area contributed by atoms with Crippen molar-refractivity contribution in [3.63, 3.8) is 0 Å². The Kier molecular flexibility index (Phi) is 5.66. The third-order valence-corrected chi connectivity index (χ3v) is 5.85. The lowest BCUT2D eigenvalue weighted by Crippen LogP contribution is -2.43. The third-order valence-electron chi connectivity index (χ3n) is 5.85. The van der Waals surface area contributed by atoms with E-state index in [0.29, 0.717) is 11.5 Å². The summed E-state index contributed by atoms with van der Waals surface area (Å²) in [5, 5.41) is 7.81. The highest BCUT2D eigenvalue weighted by molar-refractivity contribution is 5.87. The van der Waals surface area contributed by atoms with Crippen molar-refractivity contribution in [3.05, 3.63) is 72.8 Å². The van der Waals surface area contributed by atoms with Gasteiger partial charge in [-0.25, -0.2) is 14.1 Å². The lowest BCUT2D eigenvalue weighted by Gasteiger charge is -2.30. The average molecular weight is 445 g/mol. The molecular formula is C25H25FN6O. The number of nitrogens with one attached hydrogen (secondary N) is 1. The number of hydrogen-bond donors (Lipinski definition) is 2. The van der Waals surface area contributed by atoms with Crippen LogP contribution in [0.3, 0.4) is 0 Å². The summed E-state index contributed by atoms with van der Waals surface area (Å²) >= 11 is 0. The topological polar surface area (TPSA) is 81.2 Å². The van der Waals surface area contributed by atoms with Crippen molar-refractivity contribution in [3.8, 4) is 33.8 Å². The molecule has 0 atom stereocenters. The zero-order chi connectivity index (χ0) is 22.8. The van der Waals surface area contributed by atoms with Gasteiger partial charge in [0.2, 0.25) is 0 Å². The Morgan fingerprint density at radius 3 is 2.61 bits per heavy atom. The second-order valence-corrected chi connectivity index (χ2v) is 7.88. The van der Waals surface area contributed by atoms with E-state index in [0.717, 1.165) is 60.0 Å². The Hall–Kier alpha value is -3.91. The van der Waals surface area contributed by atoms with Crippen LogP contribution in [0.1, 0.15) is 0 Å². The van der Waals surface area contributed by atoms with Crippen LogP contribution in [0.15, 0.2) is 67.0 Å². The molecule has 0 bridgehead atoms. The van der Waals surface area contributed by atoms with Gasteiger partial charge in [-0.3, -0.25) is 0 Å². The molecule has 0 radical (unpaired) electrons. The number of benzene rings is 2. The van der Waals surface area contributed by atoms with Crippen LogP contribution in [-0.4, -0.2) is 48.1 Å². The predicted octanol–water partition coefficient (Wildman–Crippen LogP) is 3.74. The van der Waals surface area contributed by atoms with Crippen LogP contribution in [0, 0.1) is 5.82 Å². The van der Waals surface area contributed by atoms with Crippen molar-refractivity contribution in [2.45, 2.75) is 0 Å². The van der Waals surface area contributed by atoms with Gasteiger partial charge in [0, 0.05) is 60.8 Å². The molecule has 1 aliphatic rings. The normalized spacial score (nSPS) is 13.8. The number of piperazine rings is 1. The maximum absolute atomic E-state index is 13.9. The zero-order valence-electron chi connectivity index (χ0n) is 18.3. The van der Waals surface area contributed by atoms with Gasteiger partial charge < -0.3 is 20.7 Å². The van der Waals surface area contributed by atoms with Crippen LogP contribution >= 0.6 is 0 Å². The summed E-state index contributed by atoms with van der Waals surface area (Å²) in [6.07, 6.45) is 3.43. The molecule has 5 rings (SSSR count). The monoisotopic (exact) mass is 444 g/mol. The van der Waals surface area contributed by atoms with Crippen molar-refractivity contribution >= 4 is 11.5 Å². The van der Waals surface area contributed by atoms with Gasteiger partial charge in [-0.15, -0.1) is 0 Å². The maximum atomic E-state index is 13.9. The number of nitrogens with two attached hydrogens (primary N) is 1. The van der Waals surface area contributed by atoms with Crippen LogP contribution in [0.2, 0.25) is 0 Å². The largest absolute Gasteiger partial charge is 0.496 e. The quantitative estimate of drug-likeness (QED) is 0.488. The first-order valence-electron chi connectivity index (χ1n) is 10.8. The molecule has 2 aromatic heterocycles. The number of anilines is 2. The summed E-state index contributed by atoms with van der Waals surface area (Å²) in [5.41, 5.74) is 11.2. The highest BCUT2D eigenvalue weighted by Crippen LogP contribution is 2.40. The molecule has 1 fully saturated rings. The van der Waals surface area contributed by atoms with Gasteiger partial charge in [-0.1, -0.05) is 6.07 Å². The van der Waals surface area contributed by atoms with Crippen LogP contribution in [0.4, 0.5) is 15.9 Å². The molecule has 3 N–H and O–H groups in total. The van der Waals surface area contributed by atoms with E-state index in [1.54, 1.807) is 30.3 Å². The molecule has 3 heterocycles.